The molecule has 0 aliphatic carbocycles. The highest BCUT2D eigenvalue weighted by Gasteiger charge is 2.12. The molecule has 0 atom stereocenters. The average molecular weight is 250 g/mol. The van der Waals surface area contributed by atoms with Crippen molar-refractivity contribution < 1.29 is 5.21 Å². The Labute approximate surface area is 101 Å². The summed E-state index contributed by atoms with van der Waals surface area (Å²) < 4.78 is 1.77. The van der Waals surface area contributed by atoms with Gasteiger partial charge in [0.2, 0.25) is 0 Å². The van der Waals surface area contributed by atoms with Gasteiger partial charge in [0.1, 0.15) is 12.0 Å². The summed E-state index contributed by atoms with van der Waals surface area (Å²) in [6, 6.07) is 3.59. The molecule has 3 N–H and O–H groups in total. The predicted molar refractivity (Wildman–Crippen MR) is 61.9 cm³/mol. The van der Waals surface area contributed by atoms with Gasteiger partial charge in [0.05, 0.1) is 0 Å². The minimum Gasteiger partial charge on any atom is -0.409 e. The molecule has 8 heteroatoms. The molecular weight excluding hydrogens is 240 g/mol. The Morgan fingerprint density at radius 1 is 1.59 bits per heavy atom. The maximum atomic E-state index is 8.67. The maximum Gasteiger partial charge on any atom is 0.195 e. The Balaban J connectivity index is 2.36. The van der Waals surface area contributed by atoms with E-state index in [0.29, 0.717) is 10.9 Å². The largest absolute Gasteiger partial charge is 0.409 e. The van der Waals surface area contributed by atoms with Crippen molar-refractivity contribution in [1.82, 2.24) is 19.7 Å². The van der Waals surface area contributed by atoms with Crippen LogP contribution in [0.5, 0.6) is 0 Å². The maximum absolute atomic E-state index is 8.67. The third-order valence-corrected chi connectivity index (χ3v) is 3.09. The second-order valence-electron chi connectivity index (χ2n) is 3.16. The number of amidine groups is 1. The van der Waals surface area contributed by atoms with E-state index in [2.05, 4.69) is 20.3 Å². The number of aryl methyl sites for hydroxylation is 1. The quantitative estimate of drug-likeness (QED) is 0.355. The van der Waals surface area contributed by atoms with Gasteiger partial charge in [-0.1, -0.05) is 5.16 Å². The summed E-state index contributed by atoms with van der Waals surface area (Å²) >= 11 is 1.35. The molecule has 17 heavy (non-hydrogen) atoms. The molecule has 2 heterocycles. The Bertz CT molecular complexity index is 552. The number of hydrogen-bond acceptors (Lipinski definition) is 6. The summed E-state index contributed by atoms with van der Waals surface area (Å²) in [7, 11) is 1.84. The SMILES string of the molecule is Cn1cnnc1Sc1cccnc1/C(N)=N/O. The Kier molecular flexibility index (Phi) is 3.24. The average Bonchev–Trinajstić information content (AvgIpc) is 2.75. The van der Waals surface area contributed by atoms with Gasteiger partial charge in [-0.15, -0.1) is 10.2 Å². The highest BCUT2D eigenvalue weighted by Crippen LogP contribution is 2.27. The lowest BCUT2D eigenvalue weighted by Gasteiger charge is -2.05. The highest BCUT2D eigenvalue weighted by atomic mass is 32.2. The van der Waals surface area contributed by atoms with Gasteiger partial charge >= 0.3 is 0 Å². The van der Waals surface area contributed by atoms with Crippen LogP contribution in [0.15, 0.2) is 39.9 Å². The lowest BCUT2D eigenvalue weighted by molar-refractivity contribution is 0.318. The van der Waals surface area contributed by atoms with Crippen molar-refractivity contribution in [3.63, 3.8) is 0 Å². The zero-order chi connectivity index (χ0) is 12.3. The van der Waals surface area contributed by atoms with Crippen LogP contribution in [0, 0.1) is 0 Å². The second kappa shape index (κ2) is 4.83. The summed E-state index contributed by atoms with van der Waals surface area (Å²) in [4.78, 5) is 4.81. The van der Waals surface area contributed by atoms with Gasteiger partial charge in [-0.25, -0.2) is 0 Å². The molecule has 0 bridgehead atoms. The first kappa shape index (κ1) is 11.4. The zero-order valence-electron chi connectivity index (χ0n) is 8.98. The highest BCUT2D eigenvalue weighted by molar-refractivity contribution is 7.99. The van der Waals surface area contributed by atoms with E-state index in [4.69, 9.17) is 10.9 Å². The van der Waals surface area contributed by atoms with Crippen LogP contribution in [0.25, 0.3) is 0 Å². The van der Waals surface area contributed by atoms with Crippen molar-refractivity contribution in [2.75, 3.05) is 0 Å². The summed E-state index contributed by atoms with van der Waals surface area (Å²) in [5, 5.41) is 20.0. The molecule has 0 saturated carbocycles. The first-order valence-electron chi connectivity index (χ1n) is 4.67. The zero-order valence-corrected chi connectivity index (χ0v) is 9.79. The van der Waals surface area contributed by atoms with E-state index in [-0.39, 0.29) is 5.84 Å². The lowest BCUT2D eigenvalue weighted by Crippen LogP contribution is -2.16. The van der Waals surface area contributed by atoms with Crippen LogP contribution in [0.1, 0.15) is 5.69 Å². The molecular formula is C9H10N6OS. The van der Waals surface area contributed by atoms with Crippen molar-refractivity contribution in [3.8, 4) is 0 Å². The molecule has 0 amide bonds. The van der Waals surface area contributed by atoms with Crippen LogP contribution >= 0.6 is 11.8 Å². The lowest BCUT2D eigenvalue weighted by atomic mass is 10.3. The van der Waals surface area contributed by atoms with Gasteiger partial charge in [-0.05, 0) is 23.9 Å². The smallest absolute Gasteiger partial charge is 0.195 e. The minimum absolute atomic E-state index is 0.0322. The van der Waals surface area contributed by atoms with E-state index >= 15 is 0 Å². The van der Waals surface area contributed by atoms with E-state index in [1.54, 1.807) is 23.2 Å². The summed E-state index contributed by atoms with van der Waals surface area (Å²) in [5.74, 6) is -0.0322. The third-order valence-electron chi connectivity index (χ3n) is 1.99. The van der Waals surface area contributed by atoms with E-state index in [1.165, 1.54) is 11.8 Å². The summed E-state index contributed by atoms with van der Waals surface area (Å²) in [6.07, 6.45) is 3.18. The molecule has 0 fully saturated rings. The molecule has 2 aromatic heterocycles. The standard InChI is InChI=1S/C9H10N6OS/c1-15-5-12-13-9(15)17-6-3-2-4-11-7(6)8(10)14-16/h2-5,16H,1H3,(H2,10,14). The molecule has 0 spiro atoms. The number of aromatic nitrogens is 4. The van der Waals surface area contributed by atoms with Crippen LogP contribution < -0.4 is 5.73 Å². The van der Waals surface area contributed by atoms with Gasteiger partial charge in [0, 0.05) is 18.1 Å². The topological polar surface area (TPSA) is 102 Å². The first-order valence-corrected chi connectivity index (χ1v) is 5.48. The fraction of sp³-hybridized carbons (Fsp3) is 0.111. The van der Waals surface area contributed by atoms with E-state index in [0.717, 1.165) is 4.90 Å². The van der Waals surface area contributed by atoms with Crippen molar-refractivity contribution in [1.29, 1.82) is 0 Å². The van der Waals surface area contributed by atoms with Crippen molar-refractivity contribution >= 4 is 17.6 Å². The monoisotopic (exact) mass is 250 g/mol. The van der Waals surface area contributed by atoms with Gasteiger partial charge in [-0.2, -0.15) is 0 Å². The molecule has 88 valence electrons. The fourth-order valence-corrected chi connectivity index (χ4v) is 2.05. The molecule has 0 aromatic carbocycles. The minimum atomic E-state index is -0.0322. The molecule has 0 aliphatic heterocycles. The normalized spacial score (nSPS) is 11.7. The fourth-order valence-electron chi connectivity index (χ4n) is 1.18. The van der Waals surface area contributed by atoms with Crippen LogP contribution in [0.4, 0.5) is 0 Å². The molecule has 0 unspecified atom stereocenters. The Hall–Kier alpha value is -2.09. The van der Waals surface area contributed by atoms with E-state index in [9.17, 15) is 0 Å². The van der Waals surface area contributed by atoms with Gasteiger partial charge in [-0.3, -0.25) is 4.98 Å². The first-order chi connectivity index (χ1) is 8.22. The number of rotatable bonds is 3. The molecule has 0 aliphatic rings. The van der Waals surface area contributed by atoms with E-state index < -0.39 is 0 Å². The number of oxime groups is 1. The molecule has 2 aromatic rings. The van der Waals surface area contributed by atoms with Crippen LogP contribution in [-0.4, -0.2) is 30.8 Å². The number of nitrogens with zero attached hydrogens (tertiary/aromatic N) is 5. The third kappa shape index (κ3) is 2.36. The number of hydrogen-bond donors (Lipinski definition) is 2. The Morgan fingerprint density at radius 2 is 2.41 bits per heavy atom. The summed E-state index contributed by atoms with van der Waals surface area (Å²) in [6.45, 7) is 0. The molecule has 7 nitrogen and oxygen atoms in total. The van der Waals surface area contributed by atoms with Gasteiger partial charge in [0.25, 0.3) is 0 Å². The van der Waals surface area contributed by atoms with Crippen molar-refractivity contribution in [3.05, 3.63) is 30.4 Å². The molecule has 0 saturated heterocycles. The number of nitrogens with two attached hydrogens (primary N) is 1. The molecule has 0 radical (unpaired) electrons. The predicted octanol–water partition coefficient (Wildman–Crippen LogP) is 0.456. The number of pyridine rings is 1. The van der Waals surface area contributed by atoms with Gasteiger partial charge < -0.3 is 15.5 Å². The van der Waals surface area contributed by atoms with Crippen LogP contribution in [0.2, 0.25) is 0 Å². The van der Waals surface area contributed by atoms with E-state index in [1.807, 2.05) is 13.1 Å². The van der Waals surface area contributed by atoms with Crippen LogP contribution in [-0.2, 0) is 7.05 Å². The van der Waals surface area contributed by atoms with Crippen molar-refractivity contribution in [2.24, 2.45) is 17.9 Å². The Morgan fingerprint density at radius 3 is 3.06 bits per heavy atom. The molecule has 2 rings (SSSR count). The summed E-state index contributed by atoms with van der Waals surface area (Å²) in [5.41, 5.74) is 5.96. The van der Waals surface area contributed by atoms with Gasteiger partial charge in [0.15, 0.2) is 11.0 Å². The second-order valence-corrected chi connectivity index (χ2v) is 4.17. The van der Waals surface area contributed by atoms with Crippen LogP contribution in [0.3, 0.4) is 0 Å². The van der Waals surface area contributed by atoms with Crippen molar-refractivity contribution in [2.45, 2.75) is 10.1 Å².